The summed E-state index contributed by atoms with van der Waals surface area (Å²) in [6.07, 6.45) is -5.72. The van der Waals surface area contributed by atoms with E-state index in [-0.39, 0.29) is 22.1 Å². The average molecular weight is 481 g/mol. The first-order valence-corrected chi connectivity index (χ1v) is 11.1. The van der Waals surface area contributed by atoms with E-state index in [9.17, 15) is 31.5 Å². The largest absolute Gasteiger partial charge is 0.458 e. The van der Waals surface area contributed by atoms with Gasteiger partial charge in [-0.25, -0.2) is 0 Å². The fourth-order valence-corrected chi connectivity index (χ4v) is 5.27. The van der Waals surface area contributed by atoms with E-state index in [1.54, 1.807) is 18.4 Å². The molecule has 0 saturated heterocycles. The highest BCUT2D eigenvalue weighted by Crippen LogP contribution is 2.44. The number of thioether (sulfide) groups is 1. The molecule has 2 rings (SSSR count). The first-order chi connectivity index (χ1) is 14.3. The maximum Gasteiger partial charge on any atom is 0.458 e. The molecular weight excluding hydrogens is 459 g/mol. The zero-order chi connectivity index (χ0) is 23.6. The van der Waals surface area contributed by atoms with Crippen LogP contribution in [0.5, 0.6) is 0 Å². The lowest BCUT2D eigenvalue weighted by Crippen LogP contribution is -2.33. The van der Waals surface area contributed by atoms with E-state index in [1.807, 2.05) is 6.92 Å². The smallest absolute Gasteiger partial charge is 0.369 e. The Hall–Kier alpha value is -2.14. The van der Waals surface area contributed by atoms with Gasteiger partial charge in [0, 0.05) is 16.1 Å². The Morgan fingerprint density at radius 1 is 1.19 bits per heavy atom. The van der Waals surface area contributed by atoms with Crippen molar-refractivity contribution < 1.29 is 31.5 Å². The molecule has 0 aliphatic rings. The number of carbonyl (C=O) groups is 2. The van der Waals surface area contributed by atoms with Gasteiger partial charge < -0.3 is 11.1 Å². The SMILES string of the molecule is CCSC(c1sccc1C(=O)Nc1ccc(C(F)(F)C(F)(F)F)cc1C)C(C)C(N)=O. The van der Waals surface area contributed by atoms with Gasteiger partial charge in [-0.2, -0.15) is 33.7 Å². The van der Waals surface area contributed by atoms with Crippen molar-refractivity contribution in [2.24, 2.45) is 11.7 Å². The molecule has 0 saturated carbocycles. The van der Waals surface area contributed by atoms with Crippen molar-refractivity contribution in [2.45, 2.75) is 38.1 Å². The van der Waals surface area contributed by atoms with Gasteiger partial charge in [0.05, 0.1) is 16.7 Å². The Morgan fingerprint density at radius 2 is 1.84 bits per heavy atom. The summed E-state index contributed by atoms with van der Waals surface area (Å²) < 4.78 is 64.9. The summed E-state index contributed by atoms with van der Waals surface area (Å²) in [5.41, 5.74) is 4.67. The van der Waals surface area contributed by atoms with Gasteiger partial charge in [-0.05, 0) is 41.8 Å². The lowest BCUT2D eigenvalue weighted by molar-refractivity contribution is -0.289. The Labute approximate surface area is 184 Å². The van der Waals surface area contributed by atoms with Crippen molar-refractivity contribution in [2.75, 3.05) is 11.1 Å². The number of hydrogen-bond acceptors (Lipinski definition) is 4. The number of primary amides is 1. The van der Waals surface area contributed by atoms with Crippen LogP contribution in [0.2, 0.25) is 0 Å². The van der Waals surface area contributed by atoms with E-state index in [0.717, 1.165) is 6.07 Å². The summed E-state index contributed by atoms with van der Waals surface area (Å²) in [5, 5.41) is 3.88. The third-order valence-electron chi connectivity index (χ3n) is 4.64. The fraction of sp³-hybridized carbons (Fsp3) is 0.400. The molecule has 0 aliphatic heterocycles. The van der Waals surface area contributed by atoms with Gasteiger partial charge in [-0.15, -0.1) is 11.3 Å². The fourth-order valence-electron chi connectivity index (χ4n) is 2.86. The number of nitrogens with two attached hydrogens (primary N) is 1. The average Bonchev–Trinajstić information content (AvgIpc) is 3.15. The summed E-state index contributed by atoms with van der Waals surface area (Å²) in [6.45, 7) is 4.89. The van der Waals surface area contributed by atoms with Crippen LogP contribution in [0, 0.1) is 12.8 Å². The van der Waals surface area contributed by atoms with Crippen molar-refractivity contribution in [3.8, 4) is 0 Å². The van der Waals surface area contributed by atoms with Gasteiger partial charge in [-0.3, -0.25) is 9.59 Å². The number of halogens is 5. The summed E-state index contributed by atoms with van der Waals surface area (Å²) >= 11 is 2.74. The predicted molar refractivity (Wildman–Crippen MR) is 113 cm³/mol. The molecule has 1 heterocycles. The Kier molecular flexibility index (Phi) is 7.75. The maximum absolute atomic E-state index is 13.6. The van der Waals surface area contributed by atoms with Crippen LogP contribution in [0.1, 0.15) is 45.5 Å². The highest BCUT2D eigenvalue weighted by atomic mass is 32.2. The van der Waals surface area contributed by atoms with E-state index in [1.165, 1.54) is 30.0 Å². The molecule has 0 radical (unpaired) electrons. The second-order valence-corrected chi connectivity index (χ2v) is 9.19. The normalized spacial score (nSPS) is 14.2. The van der Waals surface area contributed by atoms with Crippen LogP contribution < -0.4 is 11.1 Å². The van der Waals surface area contributed by atoms with Crippen molar-refractivity contribution >= 4 is 40.6 Å². The molecule has 0 aliphatic carbocycles. The summed E-state index contributed by atoms with van der Waals surface area (Å²) in [4.78, 5) is 25.1. The summed E-state index contributed by atoms with van der Waals surface area (Å²) in [5.74, 6) is -5.94. The molecule has 0 fully saturated rings. The minimum absolute atomic E-state index is 0.0524. The molecule has 11 heteroatoms. The van der Waals surface area contributed by atoms with E-state index < -0.39 is 35.4 Å². The van der Waals surface area contributed by atoms with Crippen LogP contribution in [0.15, 0.2) is 29.6 Å². The van der Waals surface area contributed by atoms with Gasteiger partial charge >= 0.3 is 12.1 Å². The third kappa shape index (κ3) is 5.38. The van der Waals surface area contributed by atoms with Crippen LogP contribution in [0.4, 0.5) is 27.6 Å². The molecule has 4 nitrogen and oxygen atoms in total. The standard InChI is InChI=1S/C20H21F5N2O2S2/c1-4-30-15(11(3)17(26)28)16-13(7-8-31-16)18(29)27-14-6-5-12(9-10(14)2)19(21,22)20(23,24)25/h5-9,11,15H,4H2,1-3H3,(H2,26,28)(H,27,29). The van der Waals surface area contributed by atoms with Crippen LogP contribution in [-0.2, 0) is 10.7 Å². The van der Waals surface area contributed by atoms with Crippen LogP contribution in [-0.4, -0.2) is 23.7 Å². The van der Waals surface area contributed by atoms with Crippen molar-refractivity contribution in [1.29, 1.82) is 0 Å². The van der Waals surface area contributed by atoms with Gasteiger partial charge in [0.1, 0.15) is 0 Å². The number of anilines is 1. The number of benzene rings is 1. The van der Waals surface area contributed by atoms with Gasteiger partial charge in [0.15, 0.2) is 0 Å². The number of aryl methyl sites for hydroxylation is 1. The quantitative estimate of drug-likeness (QED) is 0.464. The molecule has 1 aromatic heterocycles. The van der Waals surface area contributed by atoms with Crippen LogP contribution in [0.25, 0.3) is 0 Å². The Balaban J connectivity index is 2.31. The van der Waals surface area contributed by atoms with Crippen LogP contribution >= 0.6 is 23.1 Å². The second-order valence-electron chi connectivity index (χ2n) is 6.82. The number of amides is 2. The molecular formula is C20H21F5N2O2S2. The van der Waals surface area contributed by atoms with E-state index in [0.29, 0.717) is 22.8 Å². The van der Waals surface area contributed by atoms with E-state index >= 15 is 0 Å². The zero-order valence-corrected chi connectivity index (χ0v) is 18.5. The van der Waals surface area contributed by atoms with E-state index in [2.05, 4.69) is 5.32 Å². The summed E-state index contributed by atoms with van der Waals surface area (Å²) in [6, 6.07) is 3.91. The number of thiophene rings is 1. The second kappa shape index (κ2) is 9.56. The zero-order valence-electron chi connectivity index (χ0n) is 16.8. The molecule has 2 amide bonds. The first kappa shape index (κ1) is 25.1. The van der Waals surface area contributed by atoms with Crippen molar-refractivity contribution in [1.82, 2.24) is 0 Å². The summed E-state index contributed by atoms with van der Waals surface area (Å²) in [7, 11) is 0. The molecule has 2 atom stereocenters. The number of alkyl halides is 5. The lowest BCUT2D eigenvalue weighted by Gasteiger charge is -2.22. The molecule has 2 unspecified atom stereocenters. The topological polar surface area (TPSA) is 72.2 Å². The molecule has 2 aromatic rings. The minimum Gasteiger partial charge on any atom is -0.369 e. The number of carbonyl (C=O) groups excluding carboxylic acids is 2. The minimum atomic E-state index is -5.72. The van der Waals surface area contributed by atoms with Crippen molar-refractivity contribution in [3.63, 3.8) is 0 Å². The maximum atomic E-state index is 13.6. The monoisotopic (exact) mass is 480 g/mol. The van der Waals surface area contributed by atoms with E-state index in [4.69, 9.17) is 5.73 Å². The molecule has 3 N–H and O–H groups in total. The molecule has 0 bridgehead atoms. The van der Waals surface area contributed by atoms with Crippen LogP contribution in [0.3, 0.4) is 0 Å². The van der Waals surface area contributed by atoms with Gasteiger partial charge in [0.25, 0.3) is 5.91 Å². The first-order valence-electron chi connectivity index (χ1n) is 9.16. The number of nitrogens with one attached hydrogen (secondary N) is 1. The molecule has 31 heavy (non-hydrogen) atoms. The van der Waals surface area contributed by atoms with Gasteiger partial charge in [-0.1, -0.05) is 19.9 Å². The highest BCUT2D eigenvalue weighted by molar-refractivity contribution is 7.99. The highest BCUT2D eigenvalue weighted by Gasteiger charge is 2.58. The molecule has 1 aromatic carbocycles. The molecule has 170 valence electrons. The Morgan fingerprint density at radius 3 is 2.35 bits per heavy atom. The number of rotatable bonds is 8. The van der Waals surface area contributed by atoms with Gasteiger partial charge in [0.2, 0.25) is 5.91 Å². The number of hydrogen-bond donors (Lipinski definition) is 2. The van der Waals surface area contributed by atoms with Crippen molar-refractivity contribution in [3.05, 3.63) is 51.2 Å². The third-order valence-corrected chi connectivity index (χ3v) is 7.13. The predicted octanol–water partition coefficient (Wildman–Crippen LogP) is 5.88. The Bertz CT molecular complexity index is 959. The molecule has 0 spiro atoms. The lowest BCUT2D eigenvalue weighted by atomic mass is 10.0.